The van der Waals surface area contributed by atoms with Crippen LogP contribution < -0.4 is 5.32 Å². The van der Waals surface area contributed by atoms with Crippen LogP contribution in [0.15, 0.2) is 22.7 Å². The van der Waals surface area contributed by atoms with Crippen molar-refractivity contribution in [1.82, 2.24) is 10.3 Å². The summed E-state index contributed by atoms with van der Waals surface area (Å²) in [6, 6.07) is 4.96. The van der Waals surface area contributed by atoms with Gasteiger partial charge >= 0.3 is 5.97 Å². The largest absolute Gasteiger partial charge is 0.477 e. The molecular formula is C13H10BrClN2O3S. The molecule has 0 radical (unpaired) electrons. The molecule has 2 aromatic rings. The molecule has 2 rings (SSSR count). The second kappa shape index (κ2) is 6.55. The summed E-state index contributed by atoms with van der Waals surface area (Å²) in [6.45, 7) is 1.78. The highest BCUT2D eigenvalue weighted by Crippen LogP contribution is 2.22. The van der Waals surface area contributed by atoms with Gasteiger partial charge in [0.15, 0.2) is 0 Å². The highest BCUT2D eigenvalue weighted by molar-refractivity contribution is 9.10. The van der Waals surface area contributed by atoms with E-state index >= 15 is 0 Å². The number of benzene rings is 1. The zero-order chi connectivity index (χ0) is 15.6. The molecule has 110 valence electrons. The average molecular weight is 390 g/mol. The maximum Gasteiger partial charge on any atom is 0.347 e. The molecule has 1 heterocycles. The van der Waals surface area contributed by atoms with Crippen LogP contribution in [0.3, 0.4) is 0 Å². The van der Waals surface area contributed by atoms with Crippen LogP contribution in [0.25, 0.3) is 0 Å². The number of carbonyl (C=O) groups excluding carboxylic acids is 1. The number of hydrogen-bond donors (Lipinski definition) is 2. The van der Waals surface area contributed by atoms with Gasteiger partial charge in [-0.15, -0.1) is 11.3 Å². The zero-order valence-electron chi connectivity index (χ0n) is 10.8. The first-order chi connectivity index (χ1) is 9.88. The molecule has 1 aromatic carbocycles. The molecule has 8 heteroatoms. The molecule has 0 aliphatic heterocycles. The van der Waals surface area contributed by atoms with E-state index in [1.807, 2.05) is 0 Å². The van der Waals surface area contributed by atoms with Gasteiger partial charge in [-0.2, -0.15) is 0 Å². The summed E-state index contributed by atoms with van der Waals surface area (Å²) in [5.41, 5.74) is 0.796. The van der Waals surface area contributed by atoms with E-state index in [0.29, 0.717) is 21.3 Å². The highest BCUT2D eigenvalue weighted by atomic mass is 79.9. The summed E-state index contributed by atoms with van der Waals surface area (Å²) in [6.07, 6.45) is 0. The molecule has 0 aliphatic rings. The van der Waals surface area contributed by atoms with Crippen LogP contribution in [0.2, 0.25) is 5.02 Å². The summed E-state index contributed by atoms with van der Waals surface area (Å²) in [4.78, 5) is 27.3. The lowest BCUT2D eigenvalue weighted by Crippen LogP contribution is -2.23. The Hall–Kier alpha value is -1.44. The summed E-state index contributed by atoms with van der Waals surface area (Å²) < 4.78 is 0.783. The normalized spacial score (nSPS) is 10.4. The van der Waals surface area contributed by atoms with E-state index in [1.54, 1.807) is 25.1 Å². The predicted octanol–water partition coefficient (Wildman–Crippen LogP) is 3.50. The lowest BCUT2D eigenvalue weighted by Gasteiger charge is -2.05. The quantitative estimate of drug-likeness (QED) is 0.839. The summed E-state index contributed by atoms with van der Waals surface area (Å²) in [5, 5.41) is 12.5. The van der Waals surface area contributed by atoms with Crippen LogP contribution >= 0.6 is 38.9 Å². The third-order valence-electron chi connectivity index (χ3n) is 2.61. The number of amides is 1. The van der Waals surface area contributed by atoms with Gasteiger partial charge in [0.1, 0.15) is 9.88 Å². The number of aromatic carboxylic acids is 1. The Bertz CT molecular complexity index is 717. The number of rotatable bonds is 4. The molecule has 0 saturated carbocycles. The summed E-state index contributed by atoms with van der Waals surface area (Å²) in [7, 11) is 0. The van der Waals surface area contributed by atoms with E-state index in [2.05, 4.69) is 26.2 Å². The average Bonchev–Trinajstić information content (AvgIpc) is 2.77. The summed E-state index contributed by atoms with van der Waals surface area (Å²) in [5.74, 6) is -1.35. The lowest BCUT2D eigenvalue weighted by molar-refractivity contribution is 0.0701. The highest BCUT2D eigenvalue weighted by Gasteiger charge is 2.15. The second-order valence-corrected chi connectivity index (χ2v) is 6.54. The standard InChI is InChI=1S/C13H10BrClN2O3S/c1-6-11(13(19)20)21-10(17-6)5-16-12(18)8-3-2-7(14)4-9(8)15/h2-4H,5H2,1H3,(H,16,18)(H,19,20). The van der Waals surface area contributed by atoms with Gasteiger partial charge in [-0.1, -0.05) is 27.5 Å². The molecule has 1 aromatic heterocycles. The third-order valence-corrected chi connectivity index (χ3v) is 4.56. The molecule has 0 bridgehead atoms. The van der Waals surface area contributed by atoms with E-state index in [-0.39, 0.29) is 17.3 Å². The van der Waals surface area contributed by atoms with Crippen molar-refractivity contribution in [3.8, 4) is 0 Å². The monoisotopic (exact) mass is 388 g/mol. The van der Waals surface area contributed by atoms with Gasteiger partial charge in [0.25, 0.3) is 5.91 Å². The number of hydrogen-bond acceptors (Lipinski definition) is 4. The molecule has 0 aliphatic carbocycles. The van der Waals surface area contributed by atoms with Crippen LogP contribution in [0.1, 0.15) is 30.7 Å². The first-order valence-electron chi connectivity index (χ1n) is 5.81. The van der Waals surface area contributed by atoms with Gasteiger partial charge in [-0.3, -0.25) is 4.79 Å². The van der Waals surface area contributed by atoms with Crippen molar-refractivity contribution in [2.75, 3.05) is 0 Å². The van der Waals surface area contributed by atoms with Crippen LogP contribution in [0.5, 0.6) is 0 Å². The van der Waals surface area contributed by atoms with Gasteiger partial charge in [-0.05, 0) is 25.1 Å². The predicted molar refractivity (Wildman–Crippen MR) is 84.1 cm³/mol. The zero-order valence-corrected chi connectivity index (χ0v) is 14.0. The fourth-order valence-corrected chi connectivity index (χ4v) is 3.25. The minimum absolute atomic E-state index is 0.157. The number of carboxylic acids is 1. The molecule has 0 unspecified atom stereocenters. The van der Waals surface area contributed by atoms with Gasteiger partial charge in [0.05, 0.1) is 22.8 Å². The molecule has 2 N–H and O–H groups in total. The van der Waals surface area contributed by atoms with E-state index in [4.69, 9.17) is 16.7 Å². The van der Waals surface area contributed by atoms with E-state index in [9.17, 15) is 9.59 Å². The van der Waals surface area contributed by atoms with Crippen molar-refractivity contribution in [1.29, 1.82) is 0 Å². The third kappa shape index (κ3) is 3.81. The summed E-state index contributed by atoms with van der Waals surface area (Å²) >= 11 is 10.3. The Morgan fingerprint density at radius 2 is 2.19 bits per heavy atom. The van der Waals surface area contributed by atoms with Crippen molar-refractivity contribution >= 4 is 50.7 Å². The Labute approximate surface area is 138 Å². The second-order valence-electron chi connectivity index (χ2n) is 4.13. The van der Waals surface area contributed by atoms with Gasteiger partial charge in [0.2, 0.25) is 0 Å². The van der Waals surface area contributed by atoms with Crippen LogP contribution in [0.4, 0.5) is 0 Å². The Morgan fingerprint density at radius 1 is 1.48 bits per heavy atom. The van der Waals surface area contributed by atoms with Gasteiger partial charge in [-0.25, -0.2) is 9.78 Å². The molecule has 0 saturated heterocycles. The Morgan fingerprint density at radius 3 is 2.76 bits per heavy atom. The fraction of sp³-hybridized carbons (Fsp3) is 0.154. The van der Waals surface area contributed by atoms with E-state index in [0.717, 1.165) is 15.8 Å². The first-order valence-corrected chi connectivity index (χ1v) is 7.80. The topological polar surface area (TPSA) is 79.3 Å². The number of carboxylic acid groups (broad SMARTS) is 1. The molecule has 21 heavy (non-hydrogen) atoms. The number of aryl methyl sites for hydroxylation is 1. The fourth-order valence-electron chi connectivity index (χ4n) is 1.65. The number of halogens is 2. The minimum Gasteiger partial charge on any atom is -0.477 e. The molecule has 1 amide bonds. The molecular weight excluding hydrogens is 380 g/mol. The van der Waals surface area contributed by atoms with Crippen LogP contribution in [0, 0.1) is 6.92 Å². The molecule has 0 atom stereocenters. The van der Waals surface area contributed by atoms with Crippen molar-refractivity contribution in [2.45, 2.75) is 13.5 Å². The minimum atomic E-state index is -1.02. The number of nitrogens with zero attached hydrogens (tertiary/aromatic N) is 1. The SMILES string of the molecule is Cc1nc(CNC(=O)c2ccc(Br)cc2Cl)sc1C(=O)O. The maximum absolute atomic E-state index is 12.0. The maximum atomic E-state index is 12.0. The molecule has 5 nitrogen and oxygen atoms in total. The molecule has 0 spiro atoms. The smallest absolute Gasteiger partial charge is 0.347 e. The van der Waals surface area contributed by atoms with Crippen molar-refractivity contribution in [3.05, 3.63) is 48.8 Å². The number of aromatic nitrogens is 1. The van der Waals surface area contributed by atoms with Crippen molar-refractivity contribution in [3.63, 3.8) is 0 Å². The van der Waals surface area contributed by atoms with Crippen LogP contribution in [-0.2, 0) is 6.54 Å². The first kappa shape index (κ1) is 15.9. The van der Waals surface area contributed by atoms with E-state index < -0.39 is 5.97 Å². The number of carbonyl (C=O) groups is 2. The molecule has 0 fully saturated rings. The van der Waals surface area contributed by atoms with E-state index in [1.165, 1.54) is 0 Å². The van der Waals surface area contributed by atoms with Crippen LogP contribution in [-0.4, -0.2) is 22.0 Å². The number of nitrogens with one attached hydrogen (secondary N) is 1. The van der Waals surface area contributed by atoms with Gasteiger partial charge in [0, 0.05) is 4.47 Å². The number of thiazole rings is 1. The van der Waals surface area contributed by atoms with Crippen molar-refractivity contribution < 1.29 is 14.7 Å². The Balaban J connectivity index is 2.07. The lowest BCUT2D eigenvalue weighted by atomic mass is 10.2. The Kier molecular flexibility index (Phi) is 4.97. The van der Waals surface area contributed by atoms with Crippen molar-refractivity contribution in [2.24, 2.45) is 0 Å². The van der Waals surface area contributed by atoms with Gasteiger partial charge < -0.3 is 10.4 Å².